The van der Waals surface area contributed by atoms with Crippen LogP contribution in [0.15, 0.2) is 150 Å². The number of fused-ring (bicyclic) bond motifs is 4. The Balaban J connectivity index is 1.20. The zero-order valence-electron chi connectivity index (χ0n) is 25.6. The highest BCUT2D eigenvalue weighted by molar-refractivity contribution is 6.09. The zero-order chi connectivity index (χ0) is 30.5. The lowest BCUT2D eigenvalue weighted by molar-refractivity contribution is 0.591. The average Bonchev–Trinajstić information content (AvgIpc) is 3.65. The van der Waals surface area contributed by atoms with Crippen molar-refractivity contribution >= 4 is 50.0 Å². The Hall–Kier alpha value is -5.61. The molecule has 2 heterocycles. The maximum Gasteiger partial charge on any atom is 0.227 e. The van der Waals surface area contributed by atoms with Crippen molar-refractivity contribution in [3.8, 4) is 17.1 Å². The van der Waals surface area contributed by atoms with Crippen molar-refractivity contribution in [1.82, 2.24) is 9.55 Å². The first-order valence-electron chi connectivity index (χ1n) is 15.4. The molecule has 4 heteroatoms. The van der Waals surface area contributed by atoms with Gasteiger partial charge in [0, 0.05) is 39.1 Å². The fourth-order valence-corrected chi connectivity index (χ4v) is 6.24. The summed E-state index contributed by atoms with van der Waals surface area (Å²) in [6.07, 6.45) is 0. The summed E-state index contributed by atoms with van der Waals surface area (Å²) in [4.78, 5) is 6.96. The highest BCUT2D eigenvalue weighted by Gasteiger charge is 2.19. The van der Waals surface area contributed by atoms with Gasteiger partial charge < -0.3 is 13.9 Å². The van der Waals surface area contributed by atoms with Crippen LogP contribution in [-0.2, 0) is 5.41 Å². The van der Waals surface area contributed by atoms with E-state index in [9.17, 15) is 0 Å². The van der Waals surface area contributed by atoms with Crippen molar-refractivity contribution < 1.29 is 4.42 Å². The molecule has 0 radical (unpaired) electrons. The summed E-state index contributed by atoms with van der Waals surface area (Å²) in [6.45, 7) is 6.82. The van der Waals surface area contributed by atoms with Crippen LogP contribution in [0.3, 0.4) is 0 Å². The van der Waals surface area contributed by atoms with Crippen molar-refractivity contribution in [2.45, 2.75) is 26.2 Å². The van der Waals surface area contributed by atoms with Gasteiger partial charge in [-0.1, -0.05) is 75.4 Å². The topological polar surface area (TPSA) is 34.2 Å². The van der Waals surface area contributed by atoms with Crippen LogP contribution in [0.4, 0.5) is 17.1 Å². The number of nitrogens with zero attached hydrogens (tertiary/aromatic N) is 3. The molecule has 218 valence electrons. The Bertz CT molecular complexity index is 2250. The van der Waals surface area contributed by atoms with Crippen molar-refractivity contribution in [1.29, 1.82) is 0 Å². The molecule has 0 saturated heterocycles. The third-order valence-electron chi connectivity index (χ3n) is 8.59. The zero-order valence-corrected chi connectivity index (χ0v) is 25.6. The molecular formula is C41H33N3O. The molecule has 0 unspecified atom stereocenters. The number of aromatic nitrogens is 2. The maximum atomic E-state index is 6.03. The minimum Gasteiger partial charge on any atom is -0.436 e. The van der Waals surface area contributed by atoms with E-state index in [-0.39, 0.29) is 5.41 Å². The lowest BCUT2D eigenvalue weighted by Gasteiger charge is -2.26. The molecule has 0 amide bonds. The molecule has 0 spiro atoms. The maximum absolute atomic E-state index is 6.03. The number of oxazole rings is 1. The van der Waals surface area contributed by atoms with Crippen LogP contribution >= 0.6 is 0 Å². The van der Waals surface area contributed by atoms with Gasteiger partial charge in [0.2, 0.25) is 5.89 Å². The smallest absolute Gasteiger partial charge is 0.227 e. The van der Waals surface area contributed by atoms with E-state index in [1.54, 1.807) is 0 Å². The molecule has 0 aliphatic rings. The molecule has 0 bridgehead atoms. The first kappa shape index (κ1) is 27.0. The third-order valence-corrected chi connectivity index (χ3v) is 8.59. The van der Waals surface area contributed by atoms with Crippen LogP contribution in [0.25, 0.3) is 50.0 Å². The Kier molecular flexibility index (Phi) is 6.31. The fraction of sp³-hybridized carbons (Fsp3) is 0.0976. The van der Waals surface area contributed by atoms with Crippen molar-refractivity contribution in [3.63, 3.8) is 0 Å². The molecule has 0 aliphatic carbocycles. The van der Waals surface area contributed by atoms with Crippen LogP contribution < -0.4 is 4.90 Å². The Morgan fingerprint density at radius 2 is 1.20 bits per heavy atom. The molecule has 4 nitrogen and oxygen atoms in total. The molecule has 6 aromatic carbocycles. The molecule has 8 rings (SSSR count). The monoisotopic (exact) mass is 583 g/mol. The fourth-order valence-electron chi connectivity index (χ4n) is 6.24. The SMILES string of the molecule is CC(C)(C)c1ccc2c(c1)c1ccccc1n2-c1ccc(N(c2ccccc2)c2ccc(-c3nc4ccccc4o3)cc2)cc1. The Morgan fingerprint density at radius 3 is 1.93 bits per heavy atom. The van der Waals surface area contributed by atoms with Crippen LogP contribution in [0.5, 0.6) is 0 Å². The summed E-state index contributed by atoms with van der Waals surface area (Å²) >= 11 is 0. The van der Waals surface area contributed by atoms with E-state index in [4.69, 9.17) is 4.42 Å². The number of para-hydroxylation sites is 4. The van der Waals surface area contributed by atoms with E-state index in [0.717, 1.165) is 39.4 Å². The first-order chi connectivity index (χ1) is 21.9. The van der Waals surface area contributed by atoms with E-state index < -0.39 is 0 Å². The van der Waals surface area contributed by atoms with Gasteiger partial charge >= 0.3 is 0 Å². The van der Waals surface area contributed by atoms with E-state index >= 15 is 0 Å². The normalized spacial score (nSPS) is 11.9. The number of rotatable bonds is 5. The summed E-state index contributed by atoms with van der Waals surface area (Å²) < 4.78 is 8.41. The van der Waals surface area contributed by atoms with Gasteiger partial charge in [-0.05, 0) is 102 Å². The molecule has 0 fully saturated rings. The van der Waals surface area contributed by atoms with Crippen LogP contribution in [0.1, 0.15) is 26.3 Å². The van der Waals surface area contributed by atoms with E-state index in [0.29, 0.717) is 5.89 Å². The molecule has 0 atom stereocenters. The first-order valence-corrected chi connectivity index (χ1v) is 15.4. The lowest BCUT2D eigenvalue weighted by atomic mass is 9.86. The predicted octanol–water partition coefficient (Wildman–Crippen LogP) is 11.4. The van der Waals surface area contributed by atoms with E-state index in [2.05, 4.69) is 157 Å². The number of anilines is 3. The number of hydrogen-bond donors (Lipinski definition) is 0. The minimum atomic E-state index is 0.0840. The van der Waals surface area contributed by atoms with E-state index in [1.807, 2.05) is 24.3 Å². The van der Waals surface area contributed by atoms with Crippen LogP contribution in [-0.4, -0.2) is 9.55 Å². The van der Waals surface area contributed by atoms with Crippen molar-refractivity contribution in [2.24, 2.45) is 0 Å². The summed E-state index contributed by atoms with van der Waals surface area (Å²) in [7, 11) is 0. The molecular weight excluding hydrogens is 550 g/mol. The van der Waals surface area contributed by atoms with Gasteiger partial charge in [0.25, 0.3) is 0 Å². The summed E-state index contributed by atoms with van der Waals surface area (Å²) in [5, 5.41) is 2.56. The van der Waals surface area contributed by atoms with Gasteiger partial charge in [0.1, 0.15) is 5.52 Å². The number of hydrogen-bond acceptors (Lipinski definition) is 3. The second-order valence-corrected chi connectivity index (χ2v) is 12.6. The van der Waals surface area contributed by atoms with Gasteiger partial charge in [0.15, 0.2) is 5.58 Å². The Morgan fingerprint density at radius 1 is 0.578 bits per heavy atom. The van der Waals surface area contributed by atoms with Gasteiger partial charge in [-0.25, -0.2) is 4.98 Å². The second-order valence-electron chi connectivity index (χ2n) is 12.6. The average molecular weight is 584 g/mol. The number of benzene rings is 6. The highest BCUT2D eigenvalue weighted by Crippen LogP contribution is 2.38. The molecule has 0 saturated carbocycles. The lowest BCUT2D eigenvalue weighted by Crippen LogP contribution is -2.10. The van der Waals surface area contributed by atoms with Crippen molar-refractivity contribution in [2.75, 3.05) is 4.90 Å². The molecule has 0 N–H and O–H groups in total. The van der Waals surface area contributed by atoms with Crippen LogP contribution in [0.2, 0.25) is 0 Å². The predicted molar refractivity (Wildman–Crippen MR) is 187 cm³/mol. The van der Waals surface area contributed by atoms with Gasteiger partial charge in [0.05, 0.1) is 11.0 Å². The second kappa shape index (κ2) is 10.5. The standard InChI is InChI=1S/C41H33N3O/c1-41(2,3)29-19-26-38-35(27-29)34-13-7-9-15-37(34)44(38)33-24-22-32(23-25-33)43(30-11-5-4-6-12-30)31-20-17-28(18-21-31)40-42-36-14-8-10-16-39(36)45-40/h4-27H,1-3H3. The van der Waals surface area contributed by atoms with Gasteiger partial charge in [-0.15, -0.1) is 0 Å². The molecule has 2 aromatic heterocycles. The van der Waals surface area contributed by atoms with Crippen molar-refractivity contribution in [3.05, 3.63) is 151 Å². The van der Waals surface area contributed by atoms with Crippen LogP contribution in [0, 0.1) is 0 Å². The summed E-state index contributed by atoms with van der Waals surface area (Å²) in [5.74, 6) is 0.624. The molecule has 0 aliphatic heterocycles. The molecule has 45 heavy (non-hydrogen) atoms. The molecule has 8 aromatic rings. The summed E-state index contributed by atoms with van der Waals surface area (Å²) in [6, 6.07) is 51.2. The summed E-state index contributed by atoms with van der Waals surface area (Å²) in [5.41, 5.74) is 10.8. The van der Waals surface area contributed by atoms with Gasteiger partial charge in [-0.3, -0.25) is 0 Å². The highest BCUT2D eigenvalue weighted by atomic mass is 16.3. The minimum absolute atomic E-state index is 0.0840. The Labute approximate surface area is 262 Å². The quantitative estimate of drug-likeness (QED) is 0.202. The third kappa shape index (κ3) is 4.76. The largest absolute Gasteiger partial charge is 0.436 e. The van der Waals surface area contributed by atoms with E-state index in [1.165, 1.54) is 27.4 Å². The van der Waals surface area contributed by atoms with Gasteiger partial charge in [-0.2, -0.15) is 0 Å².